The molecule has 188 valence electrons. The van der Waals surface area contributed by atoms with Gasteiger partial charge in [0.1, 0.15) is 24.1 Å². The highest BCUT2D eigenvalue weighted by Gasteiger charge is 2.31. The summed E-state index contributed by atoms with van der Waals surface area (Å²) in [5.74, 6) is 0.967. The fourth-order valence-electron chi connectivity index (χ4n) is 5.86. The highest BCUT2D eigenvalue weighted by Crippen LogP contribution is 2.41. The fraction of sp³-hybridized carbons (Fsp3) is 0.387. The van der Waals surface area contributed by atoms with Crippen LogP contribution in [0.3, 0.4) is 0 Å². The quantitative estimate of drug-likeness (QED) is 0.413. The Hall–Kier alpha value is -3.31. The van der Waals surface area contributed by atoms with Gasteiger partial charge in [0.2, 0.25) is 0 Å². The molecule has 0 spiro atoms. The third-order valence-corrected chi connectivity index (χ3v) is 7.83. The van der Waals surface area contributed by atoms with Gasteiger partial charge in [-0.05, 0) is 79.0 Å². The molecule has 1 aliphatic heterocycles. The number of ether oxygens (including phenoxy) is 2. The third kappa shape index (κ3) is 4.85. The Kier molecular flexibility index (Phi) is 7.28. The molecule has 1 atom stereocenters. The summed E-state index contributed by atoms with van der Waals surface area (Å²) < 4.78 is 12.3. The van der Waals surface area contributed by atoms with Gasteiger partial charge in [-0.3, -0.25) is 9.69 Å². The van der Waals surface area contributed by atoms with E-state index in [0.717, 1.165) is 55.7 Å². The molecular formula is C31H35NO4. The van der Waals surface area contributed by atoms with E-state index in [0.29, 0.717) is 19.6 Å². The summed E-state index contributed by atoms with van der Waals surface area (Å²) in [6.45, 7) is 4.08. The molecule has 3 aromatic rings. The molecule has 2 aliphatic rings. The molecule has 0 saturated carbocycles. The fourth-order valence-corrected chi connectivity index (χ4v) is 5.86. The SMILES string of the molecule is COc1cc(OCc2cccc(-c3ccccc3)c2C)c2c(c1CN1CCCCC1C(=O)O)CCC2. The van der Waals surface area contributed by atoms with Gasteiger partial charge in [0, 0.05) is 18.2 Å². The van der Waals surface area contributed by atoms with E-state index in [1.807, 2.05) is 12.1 Å². The minimum atomic E-state index is -0.724. The van der Waals surface area contributed by atoms with Crippen molar-refractivity contribution in [2.75, 3.05) is 13.7 Å². The van der Waals surface area contributed by atoms with Crippen molar-refractivity contribution in [3.05, 3.63) is 82.4 Å². The molecule has 5 rings (SSSR count). The second kappa shape index (κ2) is 10.8. The largest absolute Gasteiger partial charge is 0.496 e. The van der Waals surface area contributed by atoms with Gasteiger partial charge >= 0.3 is 5.97 Å². The van der Waals surface area contributed by atoms with Crippen LogP contribution < -0.4 is 9.47 Å². The minimum absolute atomic E-state index is 0.420. The number of carbonyl (C=O) groups is 1. The van der Waals surface area contributed by atoms with Crippen molar-refractivity contribution in [3.8, 4) is 22.6 Å². The summed E-state index contributed by atoms with van der Waals surface area (Å²) in [6.07, 6.45) is 5.76. The van der Waals surface area contributed by atoms with Crippen molar-refractivity contribution in [3.63, 3.8) is 0 Å². The number of benzene rings is 3. The molecule has 0 bridgehead atoms. The average molecular weight is 486 g/mol. The Bertz CT molecular complexity index is 1240. The van der Waals surface area contributed by atoms with Crippen molar-refractivity contribution in [2.24, 2.45) is 0 Å². The van der Waals surface area contributed by atoms with Crippen LogP contribution in [0.15, 0.2) is 54.6 Å². The predicted octanol–water partition coefficient (Wildman–Crippen LogP) is 6.18. The van der Waals surface area contributed by atoms with Crippen LogP contribution >= 0.6 is 0 Å². The highest BCUT2D eigenvalue weighted by molar-refractivity contribution is 5.73. The van der Waals surface area contributed by atoms with Crippen LogP contribution in [0.1, 0.15) is 53.5 Å². The van der Waals surface area contributed by atoms with E-state index in [2.05, 4.69) is 54.3 Å². The van der Waals surface area contributed by atoms with Crippen LogP contribution in [0.5, 0.6) is 11.5 Å². The van der Waals surface area contributed by atoms with Crippen LogP contribution in [-0.2, 0) is 30.8 Å². The third-order valence-electron chi connectivity index (χ3n) is 7.83. The maximum Gasteiger partial charge on any atom is 0.320 e. The molecule has 0 amide bonds. The number of likely N-dealkylation sites (tertiary alicyclic amines) is 1. The van der Waals surface area contributed by atoms with Gasteiger partial charge < -0.3 is 14.6 Å². The first-order valence-corrected chi connectivity index (χ1v) is 13.0. The Balaban J connectivity index is 1.41. The van der Waals surface area contributed by atoms with Crippen molar-refractivity contribution in [2.45, 2.75) is 64.6 Å². The van der Waals surface area contributed by atoms with Gasteiger partial charge in [0.15, 0.2) is 0 Å². The van der Waals surface area contributed by atoms with Crippen molar-refractivity contribution in [1.82, 2.24) is 4.90 Å². The van der Waals surface area contributed by atoms with Crippen molar-refractivity contribution < 1.29 is 19.4 Å². The molecule has 1 unspecified atom stereocenters. The lowest BCUT2D eigenvalue weighted by Crippen LogP contribution is -2.44. The molecule has 1 aliphatic carbocycles. The number of fused-ring (bicyclic) bond motifs is 1. The summed E-state index contributed by atoms with van der Waals surface area (Å²) in [7, 11) is 1.70. The Labute approximate surface area is 213 Å². The standard InChI is InChI=1S/C31H35NO4/c1-21-23(12-8-13-24(21)22-10-4-3-5-11-22)20-36-30-18-29(35-2)27(25-14-9-15-26(25)30)19-32-17-7-6-16-28(32)31(33)34/h3-5,8,10-13,18,28H,6-7,9,14-17,19-20H2,1-2H3,(H,33,34). The van der Waals surface area contributed by atoms with Crippen LogP contribution in [0.25, 0.3) is 11.1 Å². The molecule has 1 saturated heterocycles. The van der Waals surface area contributed by atoms with E-state index >= 15 is 0 Å². The number of rotatable bonds is 8. The van der Waals surface area contributed by atoms with E-state index in [-0.39, 0.29) is 0 Å². The molecule has 1 heterocycles. The van der Waals surface area contributed by atoms with E-state index in [9.17, 15) is 9.90 Å². The lowest BCUT2D eigenvalue weighted by atomic mass is 9.96. The van der Waals surface area contributed by atoms with Gasteiger partial charge in [0.25, 0.3) is 0 Å². The summed E-state index contributed by atoms with van der Waals surface area (Å²) in [5, 5.41) is 9.75. The molecule has 36 heavy (non-hydrogen) atoms. The number of nitrogens with zero attached hydrogens (tertiary/aromatic N) is 1. The number of carboxylic acids is 1. The first-order chi connectivity index (χ1) is 17.6. The first-order valence-electron chi connectivity index (χ1n) is 13.0. The van der Waals surface area contributed by atoms with Gasteiger partial charge in [-0.25, -0.2) is 0 Å². The number of piperidine rings is 1. The Morgan fingerprint density at radius 2 is 1.81 bits per heavy atom. The predicted molar refractivity (Wildman–Crippen MR) is 142 cm³/mol. The van der Waals surface area contributed by atoms with Gasteiger partial charge in [-0.2, -0.15) is 0 Å². The zero-order valence-electron chi connectivity index (χ0n) is 21.3. The van der Waals surface area contributed by atoms with Gasteiger partial charge in [-0.1, -0.05) is 55.0 Å². The highest BCUT2D eigenvalue weighted by atomic mass is 16.5. The minimum Gasteiger partial charge on any atom is -0.496 e. The van der Waals surface area contributed by atoms with E-state index in [1.54, 1.807) is 7.11 Å². The summed E-state index contributed by atoms with van der Waals surface area (Å²) in [6, 6.07) is 18.4. The topological polar surface area (TPSA) is 59.0 Å². The number of hydrogen-bond acceptors (Lipinski definition) is 4. The number of hydrogen-bond donors (Lipinski definition) is 1. The molecule has 0 aromatic heterocycles. The van der Waals surface area contributed by atoms with Crippen molar-refractivity contribution in [1.29, 1.82) is 0 Å². The average Bonchev–Trinajstić information content (AvgIpc) is 3.40. The second-order valence-corrected chi connectivity index (χ2v) is 9.93. The monoisotopic (exact) mass is 485 g/mol. The molecule has 1 N–H and O–H groups in total. The lowest BCUT2D eigenvalue weighted by Gasteiger charge is -2.34. The Morgan fingerprint density at radius 3 is 2.58 bits per heavy atom. The number of aliphatic carboxylic acids is 1. The molecule has 5 heteroatoms. The number of methoxy groups -OCH3 is 1. The van der Waals surface area contributed by atoms with Crippen LogP contribution in [0.2, 0.25) is 0 Å². The van der Waals surface area contributed by atoms with Crippen molar-refractivity contribution >= 4 is 5.97 Å². The summed E-state index contributed by atoms with van der Waals surface area (Å²) in [4.78, 5) is 14.0. The zero-order chi connectivity index (χ0) is 25.1. The van der Waals surface area contributed by atoms with Crippen LogP contribution in [-0.4, -0.2) is 35.7 Å². The normalized spacial score (nSPS) is 17.6. The van der Waals surface area contributed by atoms with Gasteiger partial charge in [-0.15, -0.1) is 0 Å². The number of carboxylic acid groups (broad SMARTS) is 1. The molecule has 3 aromatic carbocycles. The maximum atomic E-state index is 11.9. The molecular weight excluding hydrogens is 450 g/mol. The van der Waals surface area contributed by atoms with Crippen LogP contribution in [0, 0.1) is 6.92 Å². The van der Waals surface area contributed by atoms with E-state index < -0.39 is 12.0 Å². The lowest BCUT2D eigenvalue weighted by molar-refractivity contribution is -0.144. The summed E-state index contributed by atoms with van der Waals surface area (Å²) in [5.41, 5.74) is 8.51. The van der Waals surface area contributed by atoms with Gasteiger partial charge in [0.05, 0.1) is 7.11 Å². The van der Waals surface area contributed by atoms with E-state index in [1.165, 1.54) is 33.4 Å². The zero-order valence-corrected chi connectivity index (χ0v) is 21.3. The molecule has 1 fully saturated rings. The first kappa shape index (κ1) is 24.4. The molecule has 5 nitrogen and oxygen atoms in total. The molecule has 0 radical (unpaired) electrons. The summed E-state index contributed by atoms with van der Waals surface area (Å²) >= 11 is 0. The van der Waals surface area contributed by atoms with E-state index in [4.69, 9.17) is 9.47 Å². The Morgan fingerprint density at radius 1 is 1.00 bits per heavy atom. The maximum absolute atomic E-state index is 11.9. The van der Waals surface area contributed by atoms with Crippen LogP contribution in [0.4, 0.5) is 0 Å². The smallest absolute Gasteiger partial charge is 0.320 e. The second-order valence-electron chi connectivity index (χ2n) is 9.93.